The molecule has 0 aliphatic rings. The first-order valence-corrected chi connectivity index (χ1v) is 5.96. The Labute approximate surface area is 115 Å². The molecular weight excluding hydrogens is 264 g/mol. The summed E-state index contributed by atoms with van der Waals surface area (Å²) >= 11 is 0. The van der Waals surface area contributed by atoms with Gasteiger partial charge in [0.25, 0.3) is 0 Å². The number of carboxylic acids is 1. The molecule has 5 heteroatoms. The summed E-state index contributed by atoms with van der Waals surface area (Å²) in [4.78, 5) is 12.6. The van der Waals surface area contributed by atoms with Crippen molar-refractivity contribution in [3.63, 3.8) is 0 Å². The minimum absolute atomic E-state index is 0.00888. The van der Waals surface area contributed by atoms with E-state index in [0.717, 1.165) is 12.1 Å². The Hall–Kier alpha value is -2.43. The quantitative estimate of drug-likeness (QED) is 0.932. The Morgan fingerprint density at radius 2 is 1.90 bits per heavy atom. The molecule has 3 nitrogen and oxygen atoms in total. The Balaban J connectivity index is 2.32. The third-order valence-electron chi connectivity index (χ3n) is 2.97. The van der Waals surface area contributed by atoms with E-state index in [1.807, 2.05) is 0 Å². The lowest BCUT2D eigenvalue weighted by atomic mass is 10.1. The molecule has 0 aliphatic carbocycles. The largest absolute Gasteiger partial charge is 0.478 e. The molecule has 1 N–H and O–H groups in total. The molecule has 0 atom stereocenters. The summed E-state index contributed by atoms with van der Waals surface area (Å²) in [6.07, 6.45) is 0. The Kier molecular flexibility index (Phi) is 3.98. The lowest BCUT2D eigenvalue weighted by molar-refractivity contribution is 0.0695. The van der Waals surface area contributed by atoms with Crippen molar-refractivity contribution in [1.29, 1.82) is 0 Å². The highest BCUT2D eigenvalue weighted by molar-refractivity contribution is 5.89. The van der Waals surface area contributed by atoms with Crippen LogP contribution < -0.4 is 4.90 Å². The molecule has 0 amide bonds. The maximum absolute atomic E-state index is 13.6. The van der Waals surface area contributed by atoms with Crippen LogP contribution >= 0.6 is 0 Å². The van der Waals surface area contributed by atoms with Gasteiger partial charge >= 0.3 is 5.97 Å². The zero-order chi connectivity index (χ0) is 14.7. The number of benzene rings is 2. The van der Waals surface area contributed by atoms with Gasteiger partial charge in [0.05, 0.1) is 11.3 Å². The highest BCUT2D eigenvalue weighted by Crippen LogP contribution is 2.21. The molecule has 0 heterocycles. The minimum Gasteiger partial charge on any atom is -0.478 e. The van der Waals surface area contributed by atoms with Crippen molar-refractivity contribution in [3.8, 4) is 0 Å². The Bertz CT molecular complexity index is 644. The first kappa shape index (κ1) is 14.0. The van der Waals surface area contributed by atoms with E-state index in [2.05, 4.69) is 0 Å². The fourth-order valence-corrected chi connectivity index (χ4v) is 2.00. The van der Waals surface area contributed by atoms with Crippen LogP contribution in [0.5, 0.6) is 0 Å². The molecule has 0 aliphatic heterocycles. The van der Waals surface area contributed by atoms with E-state index in [9.17, 15) is 13.6 Å². The van der Waals surface area contributed by atoms with E-state index < -0.39 is 17.6 Å². The molecule has 0 bridgehead atoms. The summed E-state index contributed by atoms with van der Waals surface area (Å²) in [7, 11) is 1.62. The molecule has 20 heavy (non-hydrogen) atoms. The van der Waals surface area contributed by atoms with Crippen LogP contribution in [0, 0.1) is 11.6 Å². The van der Waals surface area contributed by atoms with Crippen molar-refractivity contribution in [1.82, 2.24) is 0 Å². The smallest absolute Gasteiger partial charge is 0.336 e. The third kappa shape index (κ3) is 2.93. The van der Waals surface area contributed by atoms with E-state index in [1.165, 1.54) is 17.0 Å². The molecule has 0 fully saturated rings. The van der Waals surface area contributed by atoms with Crippen molar-refractivity contribution in [3.05, 3.63) is 65.2 Å². The number of hydrogen-bond donors (Lipinski definition) is 1. The predicted octanol–water partition coefficient (Wildman–Crippen LogP) is 3.30. The van der Waals surface area contributed by atoms with E-state index in [4.69, 9.17) is 5.11 Å². The molecule has 2 aromatic carbocycles. The molecule has 0 aromatic heterocycles. The zero-order valence-electron chi connectivity index (χ0n) is 10.8. The third-order valence-corrected chi connectivity index (χ3v) is 2.97. The van der Waals surface area contributed by atoms with Crippen molar-refractivity contribution in [2.24, 2.45) is 0 Å². The lowest BCUT2D eigenvalue weighted by Gasteiger charge is -2.21. The van der Waals surface area contributed by atoms with E-state index >= 15 is 0 Å². The van der Waals surface area contributed by atoms with Crippen LogP contribution in [-0.4, -0.2) is 18.1 Å². The Morgan fingerprint density at radius 1 is 1.20 bits per heavy atom. The normalized spacial score (nSPS) is 10.3. The number of carboxylic acid groups (broad SMARTS) is 1. The van der Waals surface area contributed by atoms with Crippen LogP contribution in [0.15, 0.2) is 42.5 Å². The van der Waals surface area contributed by atoms with Crippen LogP contribution in [0.3, 0.4) is 0 Å². The van der Waals surface area contributed by atoms with Gasteiger partial charge in [-0.1, -0.05) is 12.1 Å². The van der Waals surface area contributed by atoms with Crippen LogP contribution in [-0.2, 0) is 6.54 Å². The highest BCUT2D eigenvalue weighted by Gasteiger charge is 2.14. The number of nitrogens with zero attached hydrogens (tertiary/aromatic N) is 1. The molecule has 0 unspecified atom stereocenters. The fraction of sp³-hybridized carbons (Fsp3) is 0.133. The zero-order valence-corrected chi connectivity index (χ0v) is 10.8. The van der Waals surface area contributed by atoms with Gasteiger partial charge in [-0.25, -0.2) is 13.6 Å². The summed E-state index contributed by atoms with van der Waals surface area (Å²) in [5.74, 6) is -2.07. The minimum atomic E-state index is -1.14. The molecular formula is C15H13F2NO2. The molecule has 2 aromatic rings. The van der Waals surface area contributed by atoms with Crippen LogP contribution in [0.1, 0.15) is 15.9 Å². The van der Waals surface area contributed by atoms with Gasteiger partial charge in [0.1, 0.15) is 11.6 Å². The second-order valence-corrected chi connectivity index (χ2v) is 4.41. The van der Waals surface area contributed by atoms with Gasteiger partial charge in [-0.05, 0) is 35.9 Å². The molecule has 0 saturated heterocycles. The first-order chi connectivity index (χ1) is 9.49. The molecule has 0 radical (unpaired) electrons. The second kappa shape index (κ2) is 5.69. The summed E-state index contributed by atoms with van der Waals surface area (Å²) in [5.41, 5.74) is 0.631. The van der Waals surface area contributed by atoms with Crippen LogP contribution in [0.2, 0.25) is 0 Å². The molecule has 104 valence electrons. The standard InChI is InChI=1S/C15H13F2NO2/c1-18(14-5-3-2-4-13(14)17)9-10-8-11(16)6-7-12(10)15(19)20/h2-8H,9H2,1H3,(H,19,20). The number of hydrogen-bond acceptors (Lipinski definition) is 2. The number of rotatable bonds is 4. The number of aromatic carboxylic acids is 1. The maximum Gasteiger partial charge on any atom is 0.336 e. The van der Waals surface area contributed by atoms with Gasteiger partial charge in [0.15, 0.2) is 0 Å². The average molecular weight is 277 g/mol. The van der Waals surface area contributed by atoms with Gasteiger partial charge in [-0.3, -0.25) is 0 Å². The Morgan fingerprint density at radius 3 is 2.55 bits per heavy atom. The van der Waals surface area contributed by atoms with E-state index in [-0.39, 0.29) is 12.1 Å². The summed E-state index contributed by atoms with van der Waals surface area (Å²) in [6.45, 7) is 0.0975. The molecule has 2 rings (SSSR count). The highest BCUT2D eigenvalue weighted by atomic mass is 19.1. The van der Waals surface area contributed by atoms with Crippen LogP contribution in [0.25, 0.3) is 0 Å². The van der Waals surface area contributed by atoms with Crippen molar-refractivity contribution < 1.29 is 18.7 Å². The van der Waals surface area contributed by atoms with E-state index in [0.29, 0.717) is 11.3 Å². The first-order valence-electron chi connectivity index (χ1n) is 5.96. The van der Waals surface area contributed by atoms with Crippen LogP contribution in [0.4, 0.5) is 14.5 Å². The van der Waals surface area contributed by atoms with Gasteiger partial charge in [0, 0.05) is 13.6 Å². The van der Waals surface area contributed by atoms with Crippen molar-refractivity contribution >= 4 is 11.7 Å². The predicted molar refractivity (Wildman–Crippen MR) is 71.9 cm³/mol. The SMILES string of the molecule is CN(Cc1cc(F)ccc1C(=O)O)c1ccccc1F. The number of halogens is 2. The van der Waals surface area contributed by atoms with E-state index in [1.54, 1.807) is 25.2 Å². The number of para-hydroxylation sites is 1. The topological polar surface area (TPSA) is 40.5 Å². The van der Waals surface area contributed by atoms with Gasteiger partial charge in [-0.15, -0.1) is 0 Å². The molecule has 0 spiro atoms. The lowest BCUT2D eigenvalue weighted by Crippen LogP contribution is -2.19. The molecule has 0 saturated carbocycles. The summed E-state index contributed by atoms with van der Waals surface area (Å²) in [6, 6.07) is 9.60. The number of anilines is 1. The monoisotopic (exact) mass is 277 g/mol. The second-order valence-electron chi connectivity index (χ2n) is 4.41. The van der Waals surface area contributed by atoms with Gasteiger partial charge in [0.2, 0.25) is 0 Å². The maximum atomic E-state index is 13.6. The van der Waals surface area contributed by atoms with Gasteiger partial charge in [-0.2, -0.15) is 0 Å². The number of carbonyl (C=O) groups is 1. The fourth-order valence-electron chi connectivity index (χ4n) is 2.00. The summed E-state index contributed by atoms with van der Waals surface area (Å²) < 4.78 is 26.9. The van der Waals surface area contributed by atoms with Crippen molar-refractivity contribution in [2.75, 3.05) is 11.9 Å². The summed E-state index contributed by atoms with van der Waals surface area (Å²) in [5, 5.41) is 9.08. The average Bonchev–Trinajstić information content (AvgIpc) is 2.38. The van der Waals surface area contributed by atoms with Gasteiger partial charge < -0.3 is 10.0 Å². The van der Waals surface area contributed by atoms with Crippen molar-refractivity contribution in [2.45, 2.75) is 6.54 Å².